The Morgan fingerprint density at radius 3 is 2.74 bits per heavy atom. The van der Waals surface area contributed by atoms with Crippen LogP contribution in [0.15, 0.2) is 12.1 Å². The normalized spacial score (nSPS) is 32.2. The van der Waals surface area contributed by atoms with Gasteiger partial charge in [0.15, 0.2) is 0 Å². The first-order valence-electron chi connectivity index (χ1n) is 6.65. The zero-order valence-corrected chi connectivity index (χ0v) is 11.9. The summed E-state index contributed by atoms with van der Waals surface area (Å²) in [5.74, 6) is 2.71. The maximum absolute atomic E-state index is 6.12. The van der Waals surface area contributed by atoms with Crippen molar-refractivity contribution < 1.29 is 18.9 Å². The maximum atomic E-state index is 6.12. The minimum absolute atomic E-state index is 0.363. The maximum Gasteiger partial charge on any atom is 0.211 e. The van der Waals surface area contributed by atoms with Crippen LogP contribution in [0.2, 0.25) is 0 Å². The number of benzene rings is 1. The quantitative estimate of drug-likeness (QED) is 0.823. The number of rotatable bonds is 2. The van der Waals surface area contributed by atoms with Crippen molar-refractivity contribution in [3.05, 3.63) is 17.7 Å². The Kier molecular flexibility index (Phi) is 2.86. The Hall–Kier alpha value is -1.42. The van der Waals surface area contributed by atoms with E-state index in [-0.39, 0.29) is 0 Å². The zero-order chi connectivity index (χ0) is 13.6. The van der Waals surface area contributed by atoms with Crippen LogP contribution in [-0.2, 0) is 11.2 Å². The fourth-order valence-electron chi connectivity index (χ4n) is 3.15. The van der Waals surface area contributed by atoms with E-state index in [1.807, 2.05) is 19.1 Å². The summed E-state index contributed by atoms with van der Waals surface area (Å²) in [6, 6.07) is 3.82. The molecule has 0 aromatic heterocycles. The molecular formula is C15H20O4. The van der Waals surface area contributed by atoms with Crippen molar-refractivity contribution >= 4 is 0 Å². The Bertz CT molecular complexity index is 499. The summed E-state index contributed by atoms with van der Waals surface area (Å²) in [7, 11) is 3.32. The molecule has 0 bridgehead atoms. The summed E-state index contributed by atoms with van der Waals surface area (Å²) in [6.07, 6.45) is 0.917. The molecule has 0 unspecified atom stereocenters. The van der Waals surface area contributed by atoms with E-state index < -0.39 is 5.79 Å². The van der Waals surface area contributed by atoms with Crippen LogP contribution in [0.5, 0.6) is 17.2 Å². The van der Waals surface area contributed by atoms with Crippen LogP contribution in [-0.4, -0.2) is 26.6 Å². The van der Waals surface area contributed by atoms with Crippen LogP contribution in [0, 0.1) is 11.8 Å². The van der Waals surface area contributed by atoms with Gasteiger partial charge in [-0.05, 0) is 12.3 Å². The zero-order valence-electron chi connectivity index (χ0n) is 11.9. The van der Waals surface area contributed by atoms with Crippen LogP contribution in [0.3, 0.4) is 0 Å². The highest BCUT2D eigenvalue weighted by atomic mass is 16.7. The predicted octanol–water partition coefficient (Wildman–Crippen LogP) is 2.64. The van der Waals surface area contributed by atoms with Gasteiger partial charge in [-0.15, -0.1) is 0 Å². The van der Waals surface area contributed by atoms with Crippen LogP contribution >= 0.6 is 0 Å². The molecule has 0 aliphatic carbocycles. The van der Waals surface area contributed by atoms with Gasteiger partial charge in [-0.3, -0.25) is 0 Å². The Labute approximate surface area is 113 Å². The standard InChI is InChI=1S/C15H20O4/c1-9-8-18-15(2)12(9)7-11-13(17-4)5-10(16-3)6-14(11)19-15/h5-6,9,12H,7-8H2,1-4H3/t9-,12+,15+/m0/s1. The molecule has 3 rings (SSSR count). The minimum atomic E-state index is -0.524. The molecule has 1 fully saturated rings. The highest BCUT2D eigenvalue weighted by molar-refractivity contribution is 5.52. The predicted molar refractivity (Wildman–Crippen MR) is 70.9 cm³/mol. The molecule has 2 heterocycles. The molecule has 0 amide bonds. The summed E-state index contributed by atoms with van der Waals surface area (Å²) in [6.45, 7) is 4.98. The van der Waals surface area contributed by atoms with Gasteiger partial charge in [0.1, 0.15) is 17.2 Å². The van der Waals surface area contributed by atoms with E-state index in [1.165, 1.54) is 0 Å². The van der Waals surface area contributed by atoms with E-state index in [0.717, 1.165) is 35.8 Å². The largest absolute Gasteiger partial charge is 0.496 e. The Balaban J connectivity index is 2.06. The topological polar surface area (TPSA) is 36.9 Å². The molecule has 0 spiro atoms. The molecule has 1 aromatic rings. The SMILES string of the molecule is COc1cc(OC)c2c(c1)O[C@@]1(C)OC[C@H](C)[C@H]1C2. The molecule has 0 radical (unpaired) electrons. The van der Waals surface area contributed by atoms with Crippen molar-refractivity contribution in [3.63, 3.8) is 0 Å². The molecule has 2 aliphatic heterocycles. The first-order valence-corrected chi connectivity index (χ1v) is 6.65. The Morgan fingerprint density at radius 1 is 1.26 bits per heavy atom. The number of fused-ring (bicyclic) bond motifs is 2. The molecule has 1 aromatic carbocycles. The molecule has 3 atom stereocenters. The molecule has 19 heavy (non-hydrogen) atoms. The van der Waals surface area contributed by atoms with Gasteiger partial charge < -0.3 is 18.9 Å². The van der Waals surface area contributed by atoms with Gasteiger partial charge in [0.05, 0.1) is 20.8 Å². The van der Waals surface area contributed by atoms with Gasteiger partial charge in [0.25, 0.3) is 0 Å². The molecule has 2 aliphatic rings. The highest BCUT2D eigenvalue weighted by Crippen LogP contribution is 2.49. The van der Waals surface area contributed by atoms with Crippen molar-refractivity contribution in [2.45, 2.75) is 26.1 Å². The van der Waals surface area contributed by atoms with Crippen molar-refractivity contribution in [3.8, 4) is 17.2 Å². The van der Waals surface area contributed by atoms with Crippen molar-refractivity contribution in [2.75, 3.05) is 20.8 Å². The van der Waals surface area contributed by atoms with Crippen LogP contribution in [0.4, 0.5) is 0 Å². The van der Waals surface area contributed by atoms with Gasteiger partial charge >= 0.3 is 0 Å². The number of hydrogen-bond acceptors (Lipinski definition) is 4. The van der Waals surface area contributed by atoms with Gasteiger partial charge in [-0.25, -0.2) is 0 Å². The summed E-state index contributed by atoms with van der Waals surface area (Å²) in [4.78, 5) is 0. The van der Waals surface area contributed by atoms with E-state index in [9.17, 15) is 0 Å². The average Bonchev–Trinajstić information content (AvgIpc) is 2.70. The third-order valence-corrected chi connectivity index (χ3v) is 4.33. The third kappa shape index (κ3) is 1.86. The summed E-state index contributed by atoms with van der Waals surface area (Å²) in [5, 5.41) is 0. The van der Waals surface area contributed by atoms with Crippen molar-refractivity contribution in [2.24, 2.45) is 11.8 Å². The molecule has 4 nitrogen and oxygen atoms in total. The average molecular weight is 264 g/mol. The summed E-state index contributed by atoms with van der Waals surface area (Å²) < 4.78 is 22.7. The lowest BCUT2D eigenvalue weighted by atomic mass is 9.82. The first kappa shape index (κ1) is 12.6. The molecule has 4 heteroatoms. The highest BCUT2D eigenvalue weighted by Gasteiger charge is 2.50. The molecule has 1 saturated heterocycles. The van der Waals surface area contributed by atoms with Crippen LogP contribution in [0.1, 0.15) is 19.4 Å². The number of ether oxygens (including phenoxy) is 4. The second kappa shape index (κ2) is 4.30. The van der Waals surface area contributed by atoms with E-state index in [1.54, 1.807) is 14.2 Å². The summed E-state index contributed by atoms with van der Waals surface area (Å²) >= 11 is 0. The van der Waals surface area contributed by atoms with E-state index in [2.05, 4.69) is 6.92 Å². The molecule has 104 valence electrons. The third-order valence-electron chi connectivity index (χ3n) is 4.33. The minimum Gasteiger partial charge on any atom is -0.496 e. The second-order valence-electron chi connectivity index (χ2n) is 5.52. The fraction of sp³-hybridized carbons (Fsp3) is 0.600. The smallest absolute Gasteiger partial charge is 0.211 e. The lowest BCUT2D eigenvalue weighted by Crippen LogP contribution is -2.43. The van der Waals surface area contributed by atoms with E-state index >= 15 is 0 Å². The van der Waals surface area contributed by atoms with Gasteiger partial charge in [0, 0.05) is 30.5 Å². The molecule has 0 saturated carbocycles. The molecular weight excluding hydrogens is 244 g/mol. The van der Waals surface area contributed by atoms with E-state index in [4.69, 9.17) is 18.9 Å². The van der Waals surface area contributed by atoms with Crippen molar-refractivity contribution in [1.82, 2.24) is 0 Å². The number of hydrogen-bond donors (Lipinski definition) is 0. The lowest BCUT2D eigenvalue weighted by molar-refractivity contribution is -0.166. The summed E-state index contributed by atoms with van der Waals surface area (Å²) in [5.41, 5.74) is 1.11. The van der Waals surface area contributed by atoms with Gasteiger partial charge in [0.2, 0.25) is 5.79 Å². The number of methoxy groups -OCH3 is 2. The Morgan fingerprint density at radius 2 is 2.05 bits per heavy atom. The molecule has 0 N–H and O–H groups in total. The van der Waals surface area contributed by atoms with E-state index in [0.29, 0.717) is 11.8 Å². The fourth-order valence-corrected chi connectivity index (χ4v) is 3.15. The van der Waals surface area contributed by atoms with Gasteiger partial charge in [-0.2, -0.15) is 0 Å². The monoisotopic (exact) mass is 264 g/mol. The van der Waals surface area contributed by atoms with Crippen molar-refractivity contribution in [1.29, 1.82) is 0 Å². The van der Waals surface area contributed by atoms with Crippen LogP contribution < -0.4 is 14.2 Å². The van der Waals surface area contributed by atoms with Crippen LogP contribution in [0.25, 0.3) is 0 Å². The van der Waals surface area contributed by atoms with Gasteiger partial charge in [-0.1, -0.05) is 6.92 Å². The lowest BCUT2D eigenvalue weighted by Gasteiger charge is -2.38. The second-order valence-corrected chi connectivity index (χ2v) is 5.52. The first-order chi connectivity index (χ1) is 9.07.